The number of rotatable bonds is 8. The van der Waals surface area contributed by atoms with Gasteiger partial charge in [0.25, 0.3) is 0 Å². The van der Waals surface area contributed by atoms with Gasteiger partial charge in [-0.3, -0.25) is 24.1 Å². The number of carbonyl (C=O) groups excluding carboxylic acids is 4. The summed E-state index contributed by atoms with van der Waals surface area (Å²) in [7, 11) is -3.83. The number of ketones is 1. The SMILES string of the molecule is C=CC1C[C@]1(CC(=O)C1C[C@@H](OC(=O)N2Cc3cccc(F)c3C2)CN1C(=O)OC(C)(C)C)C(=O)NS(=O)(=O)C1CC1. The number of Topliss-reactive ketones (excluding diaryl/α,β-unsaturated/α-hetero) is 1. The van der Waals surface area contributed by atoms with Crippen molar-refractivity contribution in [3.8, 4) is 0 Å². The average Bonchev–Trinajstić information content (AvgIpc) is 3.78. The molecule has 42 heavy (non-hydrogen) atoms. The molecule has 1 N–H and O–H groups in total. The first kappa shape index (κ1) is 30.0. The Hall–Kier alpha value is -3.48. The molecule has 4 atom stereocenters. The van der Waals surface area contributed by atoms with E-state index >= 15 is 0 Å². The lowest BCUT2D eigenvalue weighted by Crippen LogP contribution is -2.46. The van der Waals surface area contributed by atoms with Crippen LogP contribution in [0.4, 0.5) is 14.0 Å². The van der Waals surface area contributed by atoms with E-state index in [9.17, 15) is 32.0 Å². The van der Waals surface area contributed by atoms with Gasteiger partial charge in [0.2, 0.25) is 15.9 Å². The summed E-state index contributed by atoms with van der Waals surface area (Å²) in [6, 6.07) is 3.56. The highest BCUT2D eigenvalue weighted by atomic mass is 32.2. The second kappa shape index (κ2) is 10.7. The number of fused-ring (bicyclic) bond motifs is 1. The molecule has 2 aliphatic carbocycles. The van der Waals surface area contributed by atoms with E-state index < -0.39 is 74.0 Å². The molecule has 5 rings (SSSR count). The molecule has 4 aliphatic rings. The number of sulfonamides is 1. The molecule has 2 aliphatic heterocycles. The molecule has 2 heterocycles. The van der Waals surface area contributed by atoms with Crippen LogP contribution in [0.25, 0.3) is 0 Å². The maximum absolute atomic E-state index is 14.2. The van der Waals surface area contributed by atoms with Crippen molar-refractivity contribution in [3.63, 3.8) is 0 Å². The first-order chi connectivity index (χ1) is 19.6. The van der Waals surface area contributed by atoms with Gasteiger partial charge in [-0.25, -0.2) is 22.4 Å². The third-order valence-corrected chi connectivity index (χ3v) is 10.1. The van der Waals surface area contributed by atoms with Crippen LogP contribution in [-0.4, -0.2) is 71.6 Å². The number of allylic oxidation sites excluding steroid dienone is 1. The third-order valence-electron chi connectivity index (χ3n) is 8.27. The molecule has 0 radical (unpaired) electrons. The Morgan fingerprint density at radius 1 is 1.17 bits per heavy atom. The fourth-order valence-corrected chi connectivity index (χ4v) is 7.13. The maximum atomic E-state index is 14.2. The molecular formula is C29H36FN3O8S. The number of hydrogen-bond donors (Lipinski definition) is 1. The van der Waals surface area contributed by atoms with Gasteiger partial charge < -0.3 is 9.47 Å². The molecule has 2 unspecified atom stereocenters. The molecule has 0 spiro atoms. The van der Waals surface area contributed by atoms with Crippen LogP contribution in [-0.2, 0) is 42.2 Å². The van der Waals surface area contributed by atoms with Crippen LogP contribution in [0.5, 0.6) is 0 Å². The summed E-state index contributed by atoms with van der Waals surface area (Å²) in [4.78, 5) is 55.6. The maximum Gasteiger partial charge on any atom is 0.411 e. The Bertz CT molecular complexity index is 1440. The number of amides is 3. The first-order valence-electron chi connectivity index (χ1n) is 14.1. The van der Waals surface area contributed by atoms with Crippen LogP contribution in [0.2, 0.25) is 0 Å². The van der Waals surface area contributed by atoms with E-state index in [4.69, 9.17) is 9.47 Å². The highest BCUT2D eigenvalue weighted by Gasteiger charge is 2.61. The van der Waals surface area contributed by atoms with Gasteiger partial charge in [0.05, 0.1) is 29.8 Å². The van der Waals surface area contributed by atoms with Crippen LogP contribution < -0.4 is 4.72 Å². The quantitative estimate of drug-likeness (QED) is 0.445. The molecule has 1 saturated heterocycles. The summed E-state index contributed by atoms with van der Waals surface area (Å²) in [5.41, 5.74) is -1.07. The van der Waals surface area contributed by atoms with E-state index in [0.717, 1.165) is 0 Å². The summed E-state index contributed by atoms with van der Waals surface area (Å²) in [5, 5.41) is -0.608. The average molecular weight is 606 g/mol. The fraction of sp³-hybridized carbons (Fsp3) is 0.586. The van der Waals surface area contributed by atoms with Crippen LogP contribution >= 0.6 is 0 Å². The molecule has 11 nitrogen and oxygen atoms in total. The predicted octanol–water partition coefficient (Wildman–Crippen LogP) is 3.42. The Morgan fingerprint density at radius 3 is 2.48 bits per heavy atom. The number of ether oxygens (including phenoxy) is 2. The lowest BCUT2D eigenvalue weighted by molar-refractivity contribution is -0.131. The van der Waals surface area contributed by atoms with Gasteiger partial charge in [0, 0.05) is 24.9 Å². The molecule has 1 aromatic carbocycles. The molecule has 1 aromatic rings. The van der Waals surface area contributed by atoms with Crippen molar-refractivity contribution in [2.24, 2.45) is 11.3 Å². The van der Waals surface area contributed by atoms with Crippen molar-refractivity contribution in [2.45, 2.75) is 89.0 Å². The Kier molecular flexibility index (Phi) is 7.61. The summed E-state index contributed by atoms with van der Waals surface area (Å²) in [6.45, 7) is 8.85. The van der Waals surface area contributed by atoms with Crippen LogP contribution in [0.3, 0.4) is 0 Å². The number of halogens is 1. The Balaban J connectivity index is 1.30. The number of hydrogen-bond acceptors (Lipinski definition) is 8. The second-order valence-electron chi connectivity index (χ2n) is 12.6. The summed E-state index contributed by atoms with van der Waals surface area (Å²) in [5.74, 6) is -2.04. The minimum Gasteiger partial charge on any atom is -0.444 e. The highest BCUT2D eigenvalue weighted by Crippen LogP contribution is 2.57. The van der Waals surface area contributed by atoms with Crippen molar-refractivity contribution in [1.29, 1.82) is 0 Å². The largest absolute Gasteiger partial charge is 0.444 e. The van der Waals surface area contributed by atoms with Crippen LogP contribution in [0.15, 0.2) is 30.9 Å². The van der Waals surface area contributed by atoms with Gasteiger partial charge in [-0.2, -0.15) is 0 Å². The van der Waals surface area contributed by atoms with Crippen molar-refractivity contribution in [2.75, 3.05) is 6.54 Å². The molecule has 0 bridgehead atoms. The first-order valence-corrected chi connectivity index (χ1v) is 15.6. The zero-order chi connectivity index (χ0) is 30.6. The van der Waals surface area contributed by atoms with E-state index in [-0.39, 0.29) is 38.9 Å². The number of benzene rings is 1. The molecule has 3 fully saturated rings. The van der Waals surface area contributed by atoms with Crippen LogP contribution in [0, 0.1) is 17.2 Å². The molecule has 3 amide bonds. The number of nitrogens with one attached hydrogen (secondary N) is 1. The zero-order valence-electron chi connectivity index (χ0n) is 23.9. The monoisotopic (exact) mass is 605 g/mol. The van der Waals surface area contributed by atoms with E-state index in [1.54, 1.807) is 32.9 Å². The predicted molar refractivity (Wildman–Crippen MR) is 148 cm³/mol. The van der Waals surface area contributed by atoms with E-state index in [2.05, 4.69) is 11.3 Å². The number of likely N-dealkylation sites (tertiary alicyclic amines) is 1. The minimum absolute atomic E-state index is 0.0320. The number of nitrogens with zero attached hydrogens (tertiary/aromatic N) is 2. The highest BCUT2D eigenvalue weighted by molar-refractivity contribution is 7.90. The summed E-state index contributed by atoms with van der Waals surface area (Å²) >= 11 is 0. The van der Waals surface area contributed by atoms with Crippen molar-refractivity contribution >= 4 is 33.9 Å². The summed E-state index contributed by atoms with van der Waals surface area (Å²) in [6.07, 6.45) is 0.0360. The van der Waals surface area contributed by atoms with Gasteiger partial charge in [0.15, 0.2) is 5.78 Å². The van der Waals surface area contributed by atoms with Crippen LogP contribution in [0.1, 0.15) is 64.0 Å². The molecule has 0 aromatic heterocycles. The number of carbonyl (C=O) groups is 4. The molecule has 228 valence electrons. The molecule has 2 saturated carbocycles. The topological polar surface area (TPSA) is 139 Å². The van der Waals surface area contributed by atoms with Gasteiger partial charge in [0.1, 0.15) is 17.5 Å². The zero-order valence-corrected chi connectivity index (χ0v) is 24.7. The minimum atomic E-state index is -3.83. The van der Waals surface area contributed by atoms with Gasteiger partial charge in [-0.15, -0.1) is 6.58 Å². The standard InChI is InChI=1S/C29H36FN3O8S/c1-5-18-12-29(18,25(35)31-42(38,39)20-9-10-20)13-24(34)23-11-19(15-33(23)27(37)41-28(2,3)4)40-26(36)32-14-17-7-6-8-22(30)21(17)16-32/h5-8,18-20,23H,1,9-16H2,2-4H3,(H,31,35)/t18?,19-,23?,29-/m1/s1. The molecular weight excluding hydrogens is 569 g/mol. The Labute approximate surface area is 244 Å². The second-order valence-corrected chi connectivity index (χ2v) is 14.6. The van der Waals surface area contributed by atoms with E-state index in [1.165, 1.54) is 21.9 Å². The summed E-state index contributed by atoms with van der Waals surface area (Å²) < 4.78 is 52.4. The fourth-order valence-electron chi connectivity index (χ4n) is 5.75. The van der Waals surface area contributed by atoms with Crippen molar-refractivity contribution in [3.05, 3.63) is 47.8 Å². The smallest absolute Gasteiger partial charge is 0.411 e. The third kappa shape index (κ3) is 6.02. The van der Waals surface area contributed by atoms with Gasteiger partial charge >= 0.3 is 12.2 Å². The van der Waals surface area contributed by atoms with Gasteiger partial charge in [-0.05, 0) is 57.6 Å². The lowest BCUT2D eigenvalue weighted by atomic mass is 9.91. The van der Waals surface area contributed by atoms with Crippen molar-refractivity contribution in [1.82, 2.24) is 14.5 Å². The van der Waals surface area contributed by atoms with E-state index in [0.29, 0.717) is 24.0 Å². The Morgan fingerprint density at radius 2 is 1.88 bits per heavy atom. The van der Waals surface area contributed by atoms with Gasteiger partial charge in [-0.1, -0.05) is 18.2 Å². The van der Waals surface area contributed by atoms with Crippen molar-refractivity contribution < 1.29 is 41.5 Å². The lowest BCUT2D eigenvalue weighted by Gasteiger charge is -2.28. The normalized spacial score (nSPS) is 26.8. The molecule has 13 heteroatoms. The van der Waals surface area contributed by atoms with E-state index in [1.807, 2.05) is 0 Å².